The summed E-state index contributed by atoms with van der Waals surface area (Å²) in [6.07, 6.45) is 3.84. The van der Waals surface area contributed by atoms with Crippen molar-refractivity contribution in [2.75, 3.05) is 26.2 Å². The first-order valence-corrected chi connectivity index (χ1v) is 9.73. The van der Waals surface area contributed by atoms with Crippen LogP contribution < -0.4 is 5.32 Å². The lowest BCUT2D eigenvalue weighted by molar-refractivity contribution is -0.131. The Labute approximate surface area is 142 Å². The van der Waals surface area contributed by atoms with E-state index < -0.39 is 0 Å². The Bertz CT molecular complexity index is 569. The van der Waals surface area contributed by atoms with Crippen LogP contribution >= 0.6 is 11.3 Å². The molecule has 126 valence electrons. The van der Waals surface area contributed by atoms with Crippen molar-refractivity contribution in [1.82, 2.24) is 10.2 Å². The summed E-state index contributed by atoms with van der Waals surface area (Å²) < 4.78 is 5.94. The van der Waals surface area contributed by atoms with Gasteiger partial charge in [-0.15, -0.1) is 11.3 Å². The van der Waals surface area contributed by atoms with Gasteiger partial charge in [0.25, 0.3) is 0 Å². The summed E-state index contributed by atoms with van der Waals surface area (Å²) in [7, 11) is 0. The van der Waals surface area contributed by atoms with Crippen LogP contribution in [0.2, 0.25) is 0 Å². The van der Waals surface area contributed by atoms with Crippen molar-refractivity contribution in [3.8, 4) is 0 Å². The summed E-state index contributed by atoms with van der Waals surface area (Å²) in [5, 5.41) is 5.36. The lowest BCUT2D eigenvalue weighted by Gasteiger charge is -2.39. The first-order valence-electron chi connectivity index (χ1n) is 8.85. The summed E-state index contributed by atoms with van der Waals surface area (Å²) in [6, 6.07) is 2.18. The van der Waals surface area contributed by atoms with Crippen molar-refractivity contribution in [3.05, 3.63) is 21.9 Å². The number of ether oxygens (including phenoxy) is 1. The van der Waals surface area contributed by atoms with E-state index >= 15 is 0 Å². The molecule has 4 rings (SSSR count). The van der Waals surface area contributed by atoms with E-state index in [2.05, 4.69) is 28.6 Å². The van der Waals surface area contributed by atoms with Gasteiger partial charge in [-0.25, -0.2) is 0 Å². The summed E-state index contributed by atoms with van der Waals surface area (Å²) >= 11 is 1.82. The van der Waals surface area contributed by atoms with Gasteiger partial charge in [-0.05, 0) is 49.1 Å². The molecule has 0 radical (unpaired) electrons. The monoisotopic (exact) mass is 334 g/mol. The van der Waals surface area contributed by atoms with Gasteiger partial charge in [-0.3, -0.25) is 9.69 Å². The van der Waals surface area contributed by atoms with Crippen molar-refractivity contribution in [3.63, 3.8) is 0 Å². The number of aryl methyl sites for hydroxylation is 1. The van der Waals surface area contributed by atoms with Crippen molar-refractivity contribution in [1.29, 1.82) is 0 Å². The highest BCUT2D eigenvalue weighted by Gasteiger charge is 2.44. The highest BCUT2D eigenvalue weighted by atomic mass is 32.1. The molecule has 0 aromatic carbocycles. The van der Waals surface area contributed by atoms with Gasteiger partial charge in [-0.2, -0.15) is 0 Å². The van der Waals surface area contributed by atoms with E-state index in [4.69, 9.17) is 4.74 Å². The Morgan fingerprint density at radius 2 is 2.26 bits per heavy atom. The molecule has 1 amide bonds. The highest BCUT2D eigenvalue weighted by Crippen LogP contribution is 2.35. The van der Waals surface area contributed by atoms with Gasteiger partial charge >= 0.3 is 0 Å². The van der Waals surface area contributed by atoms with Crippen LogP contribution in [0.15, 0.2) is 11.4 Å². The van der Waals surface area contributed by atoms with Gasteiger partial charge in [0.05, 0.1) is 12.0 Å². The number of amides is 1. The van der Waals surface area contributed by atoms with E-state index in [0.29, 0.717) is 5.92 Å². The second-order valence-electron chi connectivity index (χ2n) is 7.38. The molecule has 1 N–H and O–H groups in total. The molecule has 2 aliphatic heterocycles. The van der Waals surface area contributed by atoms with E-state index in [1.165, 1.54) is 23.3 Å². The van der Waals surface area contributed by atoms with Crippen LogP contribution in [0.4, 0.5) is 0 Å². The number of likely N-dealkylation sites (tertiary alicyclic amines) is 1. The molecule has 0 spiro atoms. The number of thiophene rings is 1. The zero-order valence-electron chi connectivity index (χ0n) is 13.8. The number of rotatable bonds is 5. The number of carbonyl (C=O) groups excluding carboxylic acids is 1. The van der Waals surface area contributed by atoms with E-state index in [1.807, 2.05) is 11.3 Å². The predicted octanol–water partition coefficient (Wildman–Crippen LogP) is 2.42. The average Bonchev–Trinajstić information content (AvgIpc) is 3.11. The molecule has 1 aliphatic carbocycles. The van der Waals surface area contributed by atoms with Crippen LogP contribution in [0.5, 0.6) is 0 Å². The van der Waals surface area contributed by atoms with Crippen molar-refractivity contribution in [2.24, 2.45) is 17.8 Å². The molecular formula is C18H26N2O2S. The van der Waals surface area contributed by atoms with Gasteiger partial charge < -0.3 is 10.1 Å². The van der Waals surface area contributed by atoms with Gasteiger partial charge in [-0.1, -0.05) is 0 Å². The lowest BCUT2D eigenvalue weighted by Crippen LogP contribution is -2.52. The summed E-state index contributed by atoms with van der Waals surface area (Å²) in [5.41, 5.74) is 1.36. The molecule has 0 unspecified atom stereocenters. The normalized spacial score (nSPS) is 31.1. The summed E-state index contributed by atoms with van der Waals surface area (Å²) in [4.78, 5) is 16.5. The Hall–Kier alpha value is -0.910. The fourth-order valence-electron chi connectivity index (χ4n) is 3.93. The number of carbonyl (C=O) groups is 1. The van der Waals surface area contributed by atoms with Crippen LogP contribution in [-0.2, 0) is 16.1 Å². The number of nitrogens with zero attached hydrogens (tertiary/aromatic N) is 1. The van der Waals surface area contributed by atoms with Crippen LogP contribution in [-0.4, -0.2) is 43.2 Å². The second-order valence-corrected chi connectivity index (χ2v) is 8.38. The smallest absolute Gasteiger partial charge is 0.224 e. The molecule has 2 saturated heterocycles. The number of hydrogen-bond acceptors (Lipinski definition) is 4. The van der Waals surface area contributed by atoms with E-state index in [9.17, 15) is 4.79 Å². The number of piperidine rings is 1. The third kappa shape index (κ3) is 3.47. The molecule has 3 fully saturated rings. The molecular weight excluding hydrogens is 308 g/mol. The average molecular weight is 334 g/mol. The van der Waals surface area contributed by atoms with Crippen molar-refractivity contribution in [2.45, 2.75) is 38.8 Å². The zero-order valence-corrected chi connectivity index (χ0v) is 14.6. The molecule has 1 saturated carbocycles. The first kappa shape index (κ1) is 15.6. The minimum absolute atomic E-state index is 0.0928. The lowest BCUT2D eigenvalue weighted by atomic mass is 9.82. The minimum Gasteiger partial charge on any atom is -0.377 e. The highest BCUT2D eigenvalue weighted by molar-refractivity contribution is 7.10. The van der Waals surface area contributed by atoms with Gasteiger partial charge in [0, 0.05) is 43.6 Å². The quantitative estimate of drug-likeness (QED) is 0.899. The Kier molecular flexibility index (Phi) is 4.43. The zero-order chi connectivity index (χ0) is 15.8. The predicted molar refractivity (Wildman–Crippen MR) is 91.4 cm³/mol. The maximum absolute atomic E-state index is 12.7. The molecule has 23 heavy (non-hydrogen) atoms. The van der Waals surface area contributed by atoms with E-state index in [0.717, 1.165) is 45.1 Å². The van der Waals surface area contributed by atoms with Crippen molar-refractivity contribution >= 4 is 17.2 Å². The van der Waals surface area contributed by atoms with Gasteiger partial charge in [0.2, 0.25) is 5.91 Å². The molecule has 0 bridgehead atoms. The second kappa shape index (κ2) is 6.54. The molecule has 3 heterocycles. The number of nitrogens with one attached hydrogen (secondary N) is 1. The fourth-order valence-corrected chi connectivity index (χ4v) is 4.88. The fraction of sp³-hybridized carbons (Fsp3) is 0.722. The van der Waals surface area contributed by atoms with Crippen LogP contribution in [0.1, 0.15) is 29.7 Å². The Morgan fingerprint density at radius 3 is 3.00 bits per heavy atom. The Balaban J connectivity index is 1.43. The largest absolute Gasteiger partial charge is 0.377 e. The number of fused-ring (bicyclic) bond motifs is 1. The maximum atomic E-state index is 12.7. The third-order valence-electron chi connectivity index (χ3n) is 5.60. The molecule has 3 atom stereocenters. The minimum atomic E-state index is 0.0928. The van der Waals surface area contributed by atoms with Crippen LogP contribution in [0.25, 0.3) is 0 Å². The van der Waals surface area contributed by atoms with Gasteiger partial charge in [0.1, 0.15) is 0 Å². The molecule has 5 heteroatoms. The standard InChI is InChI=1S/C18H26N2O2S/c1-12-5-7-23-17(12)11-20-9-15(14-4-6-22-16(14)10-20)18(21)19-8-13-2-3-13/h5,7,13-16H,2-4,6,8-11H2,1H3,(H,19,21)/t14-,15+,16+/m0/s1. The van der Waals surface area contributed by atoms with E-state index in [1.54, 1.807) is 0 Å². The van der Waals surface area contributed by atoms with Gasteiger partial charge in [0.15, 0.2) is 0 Å². The molecule has 1 aromatic rings. The SMILES string of the molecule is Cc1ccsc1CN1C[C@H]2OCC[C@H]2[C@H](C(=O)NCC2CC2)C1. The Morgan fingerprint density at radius 1 is 1.39 bits per heavy atom. The molecule has 4 nitrogen and oxygen atoms in total. The first-order chi connectivity index (χ1) is 11.2. The molecule has 1 aromatic heterocycles. The van der Waals surface area contributed by atoms with Crippen LogP contribution in [0.3, 0.4) is 0 Å². The summed E-state index contributed by atoms with van der Waals surface area (Å²) in [5.74, 6) is 1.50. The van der Waals surface area contributed by atoms with E-state index in [-0.39, 0.29) is 17.9 Å². The molecule has 3 aliphatic rings. The number of hydrogen-bond donors (Lipinski definition) is 1. The third-order valence-corrected chi connectivity index (χ3v) is 6.61. The van der Waals surface area contributed by atoms with Crippen molar-refractivity contribution < 1.29 is 9.53 Å². The maximum Gasteiger partial charge on any atom is 0.224 e. The topological polar surface area (TPSA) is 41.6 Å². The summed E-state index contributed by atoms with van der Waals surface area (Å²) in [6.45, 7) is 6.64. The van der Waals surface area contributed by atoms with Crippen LogP contribution in [0, 0.1) is 24.7 Å².